The molecule has 2 heterocycles. The molecule has 4 heteroatoms. The molecule has 2 rings (SSSR count). The number of nitrogens with one attached hydrogen (secondary N) is 1. The first-order chi connectivity index (χ1) is 6.27. The molecule has 1 N–H and O–H groups in total. The summed E-state index contributed by atoms with van der Waals surface area (Å²) in [7, 11) is 0. The zero-order valence-corrected chi connectivity index (χ0v) is 6.82. The Bertz CT molecular complexity index is 395. The van der Waals surface area contributed by atoms with Crippen molar-refractivity contribution in [2.75, 3.05) is 0 Å². The van der Waals surface area contributed by atoms with Gasteiger partial charge in [0.15, 0.2) is 0 Å². The molecule has 0 atom stereocenters. The molecule has 0 aromatic carbocycles. The summed E-state index contributed by atoms with van der Waals surface area (Å²) in [4.78, 5) is 18.9. The summed E-state index contributed by atoms with van der Waals surface area (Å²) in [5, 5.41) is 2.59. The van der Waals surface area contributed by atoms with Gasteiger partial charge in [-0.15, -0.1) is 0 Å². The fourth-order valence-electron chi connectivity index (χ4n) is 1.03. The van der Waals surface area contributed by atoms with Gasteiger partial charge in [-0.2, -0.15) is 0 Å². The molecule has 1 aliphatic heterocycles. The lowest BCUT2D eigenvalue weighted by Crippen LogP contribution is -2.24. The smallest absolute Gasteiger partial charge is 0.274 e. The molecule has 13 heavy (non-hydrogen) atoms. The van der Waals surface area contributed by atoms with Gasteiger partial charge in [0.2, 0.25) is 0 Å². The van der Waals surface area contributed by atoms with E-state index in [-0.39, 0.29) is 11.6 Å². The Morgan fingerprint density at radius 2 is 2.31 bits per heavy atom. The van der Waals surface area contributed by atoms with Crippen LogP contribution in [0.4, 0.5) is 0 Å². The Labute approximate surface area is 75.0 Å². The Morgan fingerprint density at radius 3 is 2.85 bits per heavy atom. The summed E-state index contributed by atoms with van der Waals surface area (Å²) >= 11 is 0. The van der Waals surface area contributed by atoms with Gasteiger partial charge in [-0.3, -0.25) is 9.78 Å². The normalized spacial score (nSPS) is 15.5. The first kappa shape index (κ1) is 7.67. The summed E-state index contributed by atoms with van der Waals surface area (Å²) in [6.45, 7) is 3.49. The van der Waals surface area contributed by atoms with Gasteiger partial charge in [-0.05, 0) is 12.1 Å². The molecule has 0 spiro atoms. The van der Waals surface area contributed by atoms with Crippen molar-refractivity contribution in [2.24, 2.45) is 4.99 Å². The monoisotopic (exact) mass is 173 g/mol. The van der Waals surface area contributed by atoms with E-state index in [1.165, 1.54) is 0 Å². The molecule has 0 radical (unpaired) electrons. The minimum atomic E-state index is -0.251. The number of aromatic nitrogens is 1. The Kier molecular flexibility index (Phi) is 1.66. The molecule has 0 saturated heterocycles. The van der Waals surface area contributed by atoms with Crippen LogP contribution in [0.1, 0.15) is 5.56 Å². The van der Waals surface area contributed by atoms with Crippen molar-refractivity contribution < 1.29 is 4.79 Å². The van der Waals surface area contributed by atoms with Crippen LogP contribution >= 0.6 is 0 Å². The summed E-state index contributed by atoms with van der Waals surface area (Å²) in [6.07, 6.45) is 3.30. The highest BCUT2D eigenvalue weighted by Gasteiger charge is 2.18. The van der Waals surface area contributed by atoms with Gasteiger partial charge in [0, 0.05) is 18.0 Å². The predicted molar refractivity (Wildman–Crippen MR) is 48.1 cm³/mol. The van der Waals surface area contributed by atoms with Crippen molar-refractivity contribution in [3.63, 3.8) is 0 Å². The fourth-order valence-corrected chi connectivity index (χ4v) is 1.03. The average molecular weight is 173 g/mol. The lowest BCUT2D eigenvalue weighted by molar-refractivity contribution is -0.115. The third kappa shape index (κ3) is 1.33. The maximum atomic E-state index is 11.0. The average Bonchev–Trinajstić information content (AvgIpc) is 2.49. The van der Waals surface area contributed by atoms with Crippen LogP contribution in [0.15, 0.2) is 41.8 Å². The second-order valence-corrected chi connectivity index (χ2v) is 2.60. The quantitative estimate of drug-likeness (QED) is 0.627. The molecule has 0 aliphatic carbocycles. The molecular formula is C9H7N3O. The number of amides is 1. The van der Waals surface area contributed by atoms with E-state index in [4.69, 9.17) is 0 Å². The van der Waals surface area contributed by atoms with Crippen LogP contribution in [0.3, 0.4) is 0 Å². The van der Waals surface area contributed by atoms with E-state index in [1.807, 2.05) is 6.07 Å². The summed E-state index contributed by atoms with van der Waals surface area (Å²) in [6, 6.07) is 3.61. The van der Waals surface area contributed by atoms with Crippen LogP contribution in [-0.2, 0) is 4.79 Å². The largest absolute Gasteiger partial charge is 0.305 e. The maximum absolute atomic E-state index is 11.0. The predicted octanol–water partition coefficient (Wildman–Crippen LogP) is 0.472. The lowest BCUT2D eigenvalue weighted by Gasteiger charge is -1.97. The summed E-state index contributed by atoms with van der Waals surface area (Å²) in [5.41, 5.74) is 1.02. The van der Waals surface area contributed by atoms with Crippen LogP contribution in [-0.4, -0.2) is 16.7 Å². The zero-order chi connectivity index (χ0) is 9.26. The van der Waals surface area contributed by atoms with Crippen LogP contribution in [0, 0.1) is 0 Å². The van der Waals surface area contributed by atoms with Crippen LogP contribution < -0.4 is 5.32 Å². The van der Waals surface area contributed by atoms with Crippen LogP contribution in [0.25, 0.3) is 0 Å². The van der Waals surface area contributed by atoms with Crippen molar-refractivity contribution in [1.29, 1.82) is 0 Å². The molecule has 64 valence electrons. The van der Waals surface area contributed by atoms with Crippen molar-refractivity contribution in [2.45, 2.75) is 0 Å². The summed E-state index contributed by atoms with van der Waals surface area (Å²) in [5.74, 6) is 0.266. The minimum Gasteiger partial charge on any atom is -0.305 e. The van der Waals surface area contributed by atoms with E-state index in [2.05, 4.69) is 21.9 Å². The second kappa shape index (κ2) is 2.82. The van der Waals surface area contributed by atoms with Gasteiger partial charge in [0.05, 0.1) is 0 Å². The minimum absolute atomic E-state index is 0.235. The molecule has 0 unspecified atom stereocenters. The molecule has 1 aromatic heterocycles. The molecule has 1 aromatic rings. The third-order valence-corrected chi connectivity index (χ3v) is 1.68. The zero-order valence-electron chi connectivity index (χ0n) is 6.82. The number of aliphatic imine (C=N–C) groups is 1. The third-order valence-electron chi connectivity index (χ3n) is 1.68. The summed E-state index contributed by atoms with van der Waals surface area (Å²) < 4.78 is 0. The van der Waals surface area contributed by atoms with Crippen LogP contribution in [0.5, 0.6) is 0 Å². The highest BCUT2D eigenvalue weighted by Crippen LogP contribution is 2.07. The van der Waals surface area contributed by atoms with Gasteiger partial charge in [-0.1, -0.05) is 6.58 Å². The molecule has 0 bridgehead atoms. The molecule has 4 nitrogen and oxygen atoms in total. The first-order valence-electron chi connectivity index (χ1n) is 3.77. The van der Waals surface area contributed by atoms with E-state index < -0.39 is 0 Å². The highest BCUT2D eigenvalue weighted by atomic mass is 16.2. The molecule has 1 amide bonds. The van der Waals surface area contributed by atoms with E-state index in [1.54, 1.807) is 18.5 Å². The van der Waals surface area contributed by atoms with Crippen molar-refractivity contribution in [3.05, 3.63) is 42.4 Å². The van der Waals surface area contributed by atoms with E-state index in [9.17, 15) is 4.79 Å². The standard InChI is InChI=1S/C9H7N3O/c1-6-9(13)12-8(11-6)7-3-2-4-10-5-7/h2-5H,1H2,(H,11,12,13). The van der Waals surface area contributed by atoms with Gasteiger partial charge in [0.1, 0.15) is 11.5 Å². The van der Waals surface area contributed by atoms with Gasteiger partial charge < -0.3 is 5.32 Å². The van der Waals surface area contributed by atoms with Gasteiger partial charge in [-0.25, -0.2) is 4.99 Å². The first-order valence-corrected chi connectivity index (χ1v) is 3.77. The number of carbonyl (C=O) groups is 1. The molecule has 1 aliphatic rings. The number of amidine groups is 1. The number of hydrogen-bond donors (Lipinski definition) is 1. The van der Waals surface area contributed by atoms with E-state index >= 15 is 0 Å². The Hall–Kier alpha value is -1.97. The van der Waals surface area contributed by atoms with Crippen molar-refractivity contribution in [1.82, 2.24) is 10.3 Å². The number of hydrogen-bond acceptors (Lipinski definition) is 3. The van der Waals surface area contributed by atoms with Gasteiger partial charge in [0.25, 0.3) is 5.91 Å². The Balaban J connectivity index is 2.35. The lowest BCUT2D eigenvalue weighted by atomic mass is 10.3. The van der Waals surface area contributed by atoms with Gasteiger partial charge >= 0.3 is 0 Å². The topological polar surface area (TPSA) is 54.4 Å². The number of rotatable bonds is 1. The second-order valence-electron chi connectivity index (χ2n) is 2.60. The van der Waals surface area contributed by atoms with Crippen molar-refractivity contribution >= 4 is 11.7 Å². The number of nitrogens with zero attached hydrogens (tertiary/aromatic N) is 2. The number of carbonyl (C=O) groups excluding carboxylic acids is 1. The molecule has 0 fully saturated rings. The maximum Gasteiger partial charge on any atom is 0.274 e. The van der Waals surface area contributed by atoms with E-state index in [0.717, 1.165) is 5.56 Å². The SMILES string of the molecule is C=C1N=C(c2cccnc2)NC1=O. The van der Waals surface area contributed by atoms with Crippen molar-refractivity contribution in [3.8, 4) is 0 Å². The number of pyridine rings is 1. The van der Waals surface area contributed by atoms with Crippen LogP contribution in [0.2, 0.25) is 0 Å². The molecule has 0 saturated carbocycles. The van der Waals surface area contributed by atoms with E-state index in [0.29, 0.717) is 5.84 Å². The molecular weight excluding hydrogens is 166 g/mol. The fraction of sp³-hybridized carbons (Fsp3) is 0. The highest BCUT2D eigenvalue weighted by molar-refractivity contribution is 6.17. The Morgan fingerprint density at radius 1 is 1.46 bits per heavy atom.